The van der Waals surface area contributed by atoms with Crippen molar-refractivity contribution in [1.29, 1.82) is 0 Å². The summed E-state index contributed by atoms with van der Waals surface area (Å²) in [5, 5.41) is 6.12. The van der Waals surface area contributed by atoms with Gasteiger partial charge in [-0.2, -0.15) is 5.10 Å². The van der Waals surface area contributed by atoms with Crippen molar-refractivity contribution in [2.75, 3.05) is 6.54 Å². The molecule has 0 aromatic carbocycles. The average molecular weight is 176 g/mol. The van der Waals surface area contributed by atoms with Crippen molar-refractivity contribution in [3.05, 3.63) is 0 Å². The second kappa shape index (κ2) is 3.30. The smallest absolute Gasteiger partial charge is 0.136 e. The first-order valence-corrected chi connectivity index (χ1v) is 4.25. The SMILES string of the molecule is CCN1N=CN(Cl)C1C(C)C. The van der Waals surface area contributed by atoms with Gasteiger partial charge < -0.3 is 0 Å². The standard InChI is InChI=1S/C7H14ClN3/c1-4-11-7(6(2)3)10(8)5-9-11/h5-7H,4H2,1-3H3. The van der Waals surface area contributed by atoms with Gasteiger partial charge in [-0.1, -0.05) is 13.8 Å². The van der Waals surface area contributed by atoms with Gasteiger partial charge in [-0.15, -0.1) is 0 Å². The zero-order chi connectivity index (χ0) is 8.43. The molecular weight excluding hydrogens is 162 g/mol. The Morgan fingerprint density at radius 1 is 1.64 bits per heavy atom. The van der Waals surface area contributed by atoms with E-state index in [9.17, 15) is 0 Å². The van der Waals surface area contributed by atoms with Gasteiger partial charge in [0.2, 0.25) is 0 Å². The maximum absolute atomic E-state index is 5.89. The molecule has 0 bridgehead atoms. The Morgan fingerprint density at radius 3 is 2.64 bits per heavy atom. The van der Waals surface area contributed by atoms with Crippen LogP contribution in [0.15, 0.2) is 5.10 Å². The molecule has 0 radical (unpaired) electrons. The fraction of sp³-hybridized carbons (Fsp3) is 0.857. The van der Waals surface area contributed by atoms with Gasteiger partial charge in [0.15, 0.2) is 0 Å². The number of nitrogens with zero attached hydrogens (tertiary/aromatic N) is 3. The minimum absolute atomic E-state index is 0.224. The van der Waals surface area contributed by atoms with Crippen LogP contribution in [0.5, 0.6) is 0 Å². The average Bonchev–Trinajstić information content (AvgIpc) is 2.30. The summed E-state index contributed by atoms with van der Waals surface area (Å²) < 4.78 is 1.63. The van der Waals surface area contributed by atoms with Gasteiger partial charge in [0.1, 0.15) is 12.5 Å². The van der Waals surface area contributed by atoms with Crippen molar-refractivity contribution in [2.24, 2.45) is 11.0 Å². The van der Waals surface area contributed by atoms with Crippen molar-refractivity contribution >= 4 is 18.1 Å². The van der Waals surface area contributed by atoms with E-state index >= 15 is 0 Å². The van der Waals surface area contributed by atoms with Crippen LogP contribution in [-0.4, -0.2) is 28.5 Å². The van der Waals surface area contributed by atoms with Gasteiger partial charge in [0.05, 0.1) is 0 Å². The van der Waals surface area contributed by atoms with Crippen molar-refractivity contribution in [1.82, 2.24) is 9.43 Å². The van der Waals surface area contributed by atoms with E-state index in [1.165, 1.54) is 0 Å². The number of hydrogen-bond acceptors (Lipinski definition) is 3. The van der Waals surface area contributed by atoms with Crippen LogP contribution < -0.4 is 0 Å². The first-order valence-electron chi connectivity index (χ1n) is 3.91. The maximum Gasteiger partial charge on any atom is 0.136 e. The first-order chi connectivity index (χ1) is 5.16. The first kappa shape index (κ1) is 8.65. The molecule has 3 nitrogen and oxygen atoms in total. The molecule has 0 amide bonds. The second-order valence-electron chi connectivity index (χ2n) is 2.99. The summed E-state index contributed by atoms with van der Waals surface area (Å²) in [5.74, 6) is 0.495. The van der Waals surface area contributed by atoms with Crippen molar-refractivity contribution in [3.8, 4) is 0 Å². The van der Waals surface area contributed by atoms with E-state index in [0.29, 0.717) is 5.92 Å². The van der Waals surface area contributed by atoms with E-state index in [4.69, 9.17) is 11.8 Å². The van der Waals surface area contributed by atoms with E-state index < -0.39 is 0 Å². The van der Waals surface area contributed by atoms with Crippen LogP contribution >= 0.6 is 11.8 Å². The Kier molecular flexibility index (Phi) is 2.60. The van der Waals surface area contributed by atoms with Gasteiger partial charge in [0.25, 0.3) is 0 Å². The van der Waals surface area contributed by atoms with E-state index in [2.05, 4.69) is 25.9 Å². The molecule has 1 rings (SSSR count). The molecule has 0 aliphatic carbocycles. The second-order valence-corrected chi connectivity index (χ2v) is 3.38. The summed E-state index contributed by atoms with van der Waals surface area (Å²) in [6.07, 6.45) is 1.89. The lowest BCUT2D eigenvalue weighted by atomic mass is 10.1. The molecule has 0 aromatic heterocycles. The Hall–Kier alpha value is -0.440. The van der Waals surface area contributed by atoms with Crippen LogP contribution in [0.25, 0.3) is 0 Å². The fourth-order valence-electron chi connectivity index (χ4n) is 1.28. The van der Waals surface area contributed by atoms with Gasteiger partial charge in [0, 0.05) is 18.3 Å². The molecule has 1 unspecified atom stereocenters. The molecule has 1 aliphatic heterocycles. The van der Waals surface area contributed by atoms with Gasteiger partial charge >= 0.3 is 0 Å². The van der Waals surface area contributed by atoms with Gasteiger partial charge in [-0.3, -0.25) is 5.01 Å². The topological polar surface area (TPSA) is 18.8 Å². The van der Waals surface area contributed by atoms with Crippen LogP contribution in [0.4, 0.5) is 0 Å². The minimum Gasteiger partial charge on any atom is -0.272 e. The Morgan fingerprint density at radius 2 is 2.27 bits per heavy atom. The van der Waals surface area contributed by atoms with Crippen molar-refractivity contribution in [2.45, 2.75) is 26.9 Å². The van der Waals surface area contributed by atoms with Crippen LogP contribution in [0.2, 0.25) is 0 Å². The number of rotatable bonds is 2. The van der Waals surface area contributed by atoms with E-state index in [-0.39, 0.29) is 6.17 Å². The minimum atomic E-state index is 0.224. The molecule has 1 heterocycles. The maximum atomic E-state index is 5.89. The van der Waals surface area contributed by atoms with E-state index in [1.54, 1.807) is 10.8 Å². The molecule has 1 aliphatic rings. The Balaban J connectivity index is 2.62. The lowest BCUT2D eigenvalue weighted by Crippen LogP contribution is -2.38. The van der Waals surface area contributed by atoms with Crippen molar-refractivity contribution < 1.29 is 0 Å². The van der Waals surface area contributed by atoms with Crippen LogP contribution in [0.3, 0.4) is 0 Å². The predicted octanol–water partition coefficient (Wildman–Crippen LogP) is 1.70. The molecule has 0 spiro atoms. The summed E-state index contributed by atoms with van der Waals surface area (Å²) in [6, 6.07) is 0. The highest BCUT2D eigenvalue weighted by Gasteiger charge is 2.28. The summed E-state index contributed by atoms with van der Waals surface area (Å²) in [6.45, 7) is 7.25. The normalized spacial score (nSPS) is 23.9. The molecule has 11 heavy (non-hydrogen) atoms. The quantitative estimate of drug-likeness (QED) is 0.595. The molecule has 64 valence electrons. The third kappa shape index (κ3) is 1.59. The molecule has 0 N–H and O–H groups in total. The molecule has 4 heteroatoms. The number of hydrazone groups is 1. The third-order valence-corrected chi connectivity index (χ3v) is 2.08. The summed E-state index contributed by atoms with van der Waals surface area (Å²) >= 11 is 5.89. The summed E-state index contributed by atoms with van der Waals surface area (Å²) in [4.78, 5) is 0. The number of hydrogen-bond donors (Lipinski definition) is 0. The predicted molar refractivity (Wildman–Crippen MR) is 47.2 cm³/mol. The van der Waals surface area contributed by atoms with Gasteiger partial charge in [-0.05, 0) is 12.8 Å². The zero-order valence-electron chi connectivity index (χ0n) is 7.16. The van der Waals surface area contributed by atoms with Crippen LogP contribution in [-0.2, 0) is 0 Å². The molecular formula is C7H14ClN3. The highest BCUT2D eigenvalue weighted by atomic mass is 35.5. The monoisotopic (exact) mass is 175 g/mol. The third-order valence-electron chi connectivity index (χ3n) is 1.79. The lowest BCUT2D eigenvalue weighted by molar-refractivity contribution is 0.137. The largest absolute Gasteiger partial charge is 0.272 e. The summed E-state index contributed by atoms with van der Waals surface area (Å²) in [5.41, 5.74) is 0. The van der Waals surface area contributed by atoms with E-state index in [1.807, 2.05) is 5.01 Å². The van der Waals surface area contributed by atoms with Gasteiger partial charge in [-0.25, -0.2) is 4.42 Å². The molecule has 0 fully saturated rings. The molecule has 0 saturated carbocycles. The van der Waals surface area contributed by atoms with Crippen LogP contribution in [0, 0.1) is 5.92 Å². The highest BCUT2D eigenvalue weighted by molar-refractivity contribution is 6.19. The van der Waals surface area contributed by atoms with Crippen LogP contribution in [0.1, 0.15) is 20.8 Å². The molecule has 0 aromatic rings. The fourth-order valence-corrected chi connectivity index (χ4v) is 1.64. The number of halogens is 1. The zero-order valence-corrected chi connectivity index (χ0v) is 7.91. The lowest BCUT2D eigenvalue weighted by Gasteiger charge is -2.28. The molecule has 0 saturated heterocycles. The van der Waals surface area contributed by atoms with Crippen molar-refractivity contribution in [3.63, 3.8) is 0 Å². The Labute approximate surface area is 72.7 Å². The summed E-state index contributed by atoms with van der Waals surface area (Å²) in [7, 11) is 0. The Bertz CT molecular complexity index is 158. The molecule has 1 atom stereocenters. The highest BCUT2D eigenvalue weighted by Crippen LogP contribution is 2.20. The van der Waals surface area contributed by atoms with E-state index in [0.717, 1.165) is 6.54 Å².